The lowest BCUT2D eigenvalue weighted by Gasteiger charge is -2.13. The van der Waals surface area contributed by atoms with Gasteiger partial charge in [0.15, 0.2) is 7.28 Å². The molecular weight excluding hydrogens is 193 g/mol. The van der Waals surface area contributed by atoms with E-state index in [1.54, 1.807) is 0 Å². The van der Waals surface area contributed by atoms with Gasteiger partial charge in [0, 0.05) is 6.00 Å². The Morgan fingerprint density at radius 3 is 3.00 bits per heavy atom. The fraction of sp³-hybridized carbons (Fsp3) is 1.00. The van der Waals surface area contributed by atoms with E-state index >= 15 is 0 Å². The Bertz CT molecular complexity index is 142. The van der Waals surface area contributed by atoms with Gasteiger partial charge in [0.05, 0.1) is 0 Å². The van der Waals surface area contributed by atoms with Crippen LogP contribution >= 0.6 is 19.7 Å². The lowest BCUT2D eigenvalue weighted by atomic mass is 9.74. The molecule has 1 aliphatic heterocycles. The summed E-state index contributed by atoms with van der Waals surface area (Å²) < 4.78 is 10.6. The molecule has 68 valence electrons. The molecule has 0 aromatic rings. The van der Waals surface area contributed by atoms with Crippen LogP contribution in [0.25, 0.3) is 0 Å². The first-order valence-corrected chi connectivity index (χ1v) is 6.46. The second-order valence-corrected chi connectivity index (χ2v) is 4.24. The van der Waals surface area contributed by atoms with Gasteiger partial charge in [-0.2, -0.15) is 0 Å². The summed E-state index contributed by atoms with van der Waals surface area (Å²) in [6.45, 7) is 2.09. The van der Waals surface area contributed by atoms with E-state index < -0.39 is 6.40 Å². The Morgan fingerprint density at radius 2 is 2.50 bits per heavy atom. The molecule has 1 N–H and O–H groups in total. The summed E-state index contributed by atoms with van der Waals surface area (Å²) in [5.41, 5.74) is 0. The molecule has 3 atom stereocenters. The minimum absolute atomic E-state index is 0.210. The number of hydrogen-bond donors (Lipinski definition) is 1. The minimum atomic E-state index is -0.782. The highest BCUT2D eigenvalue weighted by Gasteiger charge is 2.28. The zero-order chi connectivity index (χ0) is 8.97. The van der Waals surface area contributed by atoms with Crippen molar-refractivity contribution in [3.63, 3.8) is 0 Å². The first-order chi connectivity index (χ1) is 5.76. The summed E-state index contributed by atoms with van der Waals surface area (Å²) in [6, 6.07) is 0.316. The largest absolute Gasteiger partial charge is 0.534 e. The quantitative estimate of drug-likeness (QED) is 0.535. The first kappa shape index (κ1) is 10.9. The van der Waals surface area contributed by atoms with Crippen molar-refractivity contribution < 1.29 is 14.4 Å². The van der Waals surface area contributed by atoms with Gasteiger partial charge in [-0.05, 0) is 12.8 Å². The highest BCUT2D eigenvalue weighted by Crippen LogP contribution is 2.23. The van der Waals surface area contributed by atoms with Crippen LogP contribution in [0.1, 0.15) is 12.8 Å². The van der Waals surface area contributed by atoms with Gasteiger partial charge in [0.1, 0.15) is 6.29 Å². The van der Waals surface area contributed by atoms with Crippen LogP contribution < -0.4 is 0 Å². The Kier molecular flexibility index (Phi) is 4.99. The van der Waals surface area contributed by atoms with E-state index in [2.05, 4.69) is 15.3 Å². The second-order valence-electron chi connectivity index (χ2n) is 2.75. The zero-order valence-electron chi connectivity index (χ0n) is 7.10. The predicted octanol–water partition coefficient (Wildman–Crippen LogP) is 0.451. The van der Waals surface area contributed by atoms with Crippen LogP contribution in [-0.4, -0.2) is 31.0 Å². The molecule has 3 unspecified atom stereocenters. The molecule has 3 nitrogen and oxygen atoms in total. The molecule has 0 aliphatic carbocycles. The average molecular weight is 206 g/mol. The van der Waals surface area contributed by atoms with Crippen molar-refractivity contribution in [2.24, 2.45) is 0 Å². The van der Waals surface area contributed by atoms with Gasteiger partial charge in [0.25, 0.3) is 0 Å². The lowest BCUT2D eigenvalue weighted by Crippen LogP contribution is -2.24. The van der Waals surface area contributed by atoms with Crippen LogP contribution in [-0.2, 0) is 9.39 Å². The Hall–Kier alpha value is 0.790. The van der Waals surface area contributed by atoms with Gasteiger partial charge >= 0.3 is 6.40 Å². The maximum atomic E-state index is 9.12. The third kappa shape index (κ3) is 3.27. The van der Waals surface area contributed by atoms with Gasteiger partial charge in [-0.1, -0.05) is 15.3 Å². The van der Waals surface area contributed by atoms with Gasteiger partial charge < -0.3 is 14.4 Å². The summed E-state index contributed by atoms with van der Waals surface area (Å²) >= 11 is 1.19. The first-order valence-electron chi connectivity index (χ1n) is 4.10. The molecule has 12 heavy (non-hydrogen) atoms. The van der Waals surface area contributed by atoms with Crippen LogP contribution in [0.5, 0.6) is 0 Å². The fourth-order valence-electron chi connectivity index (χ4n) is 1.24. The van der Waals surface area contributed by atoms with Gasteiger partial charge in [-0.25, -0.2) is 0 Å². The van der Waals surface area contributed by atoms with E-state index in [9.17, 15) is 0 Å². The predicted molar refractivity (Wildman–Crippen MR) is 57.3 cm³/mol. The van der Waals surface area contributed by atoms with Crippen molar-refractivity contribution in [2.75, 3.05) is 0 Å². The van der Waals surface area contributed by atoms with Crippen molar-refractivity contribution in [3.05, 3.63) is 0 Å². The summed E-state index contributed by atoms with van der Waals surface area (Å²) in [5.74, 6) is 0. The number of hydrogen-bond acceptors (Lipinski definition) is 4. The van der Waals surface area contributed by atoms with E-state index in [1.165, 1.54) is 11.2 Å². The molecule has 0 spiro atoms. The number of rotatable bonds is 4. The lowest BCUT2D eigenvalue weighted by molar-refractivity contribution is -0.0591. The third-order valence-corrected chi connectivity index (χ3v) is 2.95. The molecule has 1 aliphatic rings. The summed E-state index contributed by atoms with van der Waals surface area (Å²) in [6.07, 6.45) is 0.935. The van der Waals surface area contributed by atoms with Gasteiger partial charge in [-0.15, -0.1) is 11.2 Å². The molecular formula is C5H13B2O3PS. The van der Waals surface area contributed by atoms with Crippen molar-refractivity contribution in [1.82, 2.24) is 0 Å². The Balaban J connectivity index is 2.18. The fourth-order valence-corrected chi connectivity index (χ4v) is 1.62. The van der Waals surface area contributed by atoms with E-state index in [0.29, 0.717) is 6.00 Å². The zero-order valence-corrected chi connectivity index (χ0v) is 9.07. The third-order valence-electron chi connectivity index (χ3n) is 1.91. The van der Waals surface area contributed by atoms with Crippen LogP contribution in [0.4, 0.5) is 0 Å². The molecule has 0 bridgehead atoms. The highest BCUT2D eigenvalue weighted by molar-refractivity contribution is 8.58. The molecule has 1 heterocycles. The summed E-state index contributed by atoms with van der Waals surface area (Å²) in [7, 11) is 3.37. The molecule has 0 radical (unpaired) electrons. The normalized spacial score (nSPS) is 28.9. The highest BCUT2D eigenvalue weighted by atomic mass is 32.7. The van der Waals surface area contributed by atoms with Crippen LogP contribution in [0, 0.1) is 0 Å². The standard InChI is InChI=1S/C5H13B2O3PS/c1-6-4-2-3-5(9-4)10-7(8)12-11/h4-6,8H,2-3,11H2,1H3. The van der Waals surface area contributed by atoms with Gasteiger partial charge in [0.2, 0.25) is 0 Å². The van der Waals surface area contributed by atoms with E-state index in [0.717, 1.165) is 20.1 Å². The molecule has 1 rings (SSSR count). The number of ether oxygens (including phenoxy) is 1. The topological polar surface area (TPSA) is 38.7 Å². The molecule has 0 aromatic heterocycles. The van der Waals surface area contributed by atoms with Crippen molar-refractivity contribution in [2.45, 2.75) is 32.0 Å². The molecule has 0 saturated carbocycles. The summed E-state index contributed by atoms with van der Waals surface area (Å²) in [4.78, 5) is 0. The Labute approximate surface area is 80.2 Å². The van der Waals surface area contributed by atoms with Crippen molar-refractivity contribution in [3.8, 4) is 0 Å². The maximum absolute atomic E-state index is 9.12. The van der Waals surface area contributed by atoms with E-state index in [-0.39, 0.29) is 6.29 Å². The molecule has 0 amide bonds. The molecule has 0 aromatic carbocycles. The van der Waals surface area contributed by atoms with Crippen LogP contribution in [0.15, 0.2) is 0 Å². The molecule has 7 heteroatoms. The minimum Gasteiger partial charge on any atom is -0.417 e. The molecule has 1 saturated heterocycles. The van der Waals surface area contributed by atoms with Crippen molar-refractivity contribution >= 4 is 33.4 Å². The van der Waals surface area contributed by atoms with E-state index in [4.69, 9.17) is 14.4 Å². The van der Waals surface area contributed by atoms with Crippen LogP contribution in [0.3, 0.4) is 0 Å². The summed E-state index contributed by atoms with van der Waals surface area (Å²) in [5, 5.41) is 9.12. The van der Waals surface area contributed by atoms with E-state index in [1.807, 2.05) is 0 Å². The van der Waals surface area contributed by atoms with Crippen molar-refractivity contribution in [1.29, 1.82) is 0 Å². The monoisotopic (exact) mass is 206 g/mol. The van der Waals surface area contributed by atoms with Gasteiger partial charge in [-0.3, -0.25) is 0 Å². The smallest absolute Gasteiger partial charge is 0.417 e. The van der Waals surface area contributed by atoms with Crippen LogP contribution in [0.2, 0.25) is 6.82 Å². The average Bonchev–Trinajstić information content (AvgIpc) is 2.52. The second kappa shape index (κ2) is 5.51. The SMILES string of the molecule is CBC1CCC(OB(O)SP)O1. The Morgan fingerprint density at radius 1 is 1.75 bits per heavy atom. The maximum Gasteiger partial charge on any atom is 0.534 e. The molecule has 1 fully saturated rings.